The normalized spacial score (nSPS) is 22.6. The monoisotopic (exact) mass is 438 g/mol. The van der Waals surface area contributed by atoms with Gasteiger partial charge in [0, 0.05) is 24.2 Å². The number of rotatable bonds is 3. The van der Waals surface area contributed by atoms with E-state index in [0.717, 1.165) is 49.3 Å². The van der Waals surface area contributed by atoms with Gasteiger partial charge >= 0.3 is 12.1 Å². The maximum Gasteiger partial charge on any atom is 0.470 e. The van der Waals surface area contributed by atoms with Crippen molar-refractivity contribution in [3.63, 3.8) is 0 Å². The van der Waals surface area contributed by atoms with Crippen LogP contribution in [0.25, 0.3) is 11.0 Å². The van der Waals surface area contributed by atoms with Crippen LogP contribution in [-0.4, -0.2) is 50.7 Å². The molecule has 3 aromatic rings. The molecule has 0 N–H and O–H groups in total. The highest BCUT2D eigenvalue weighted by Crippen LogP contribution is 2.35. The average molecular weight is 439 g/mol. The molecular weight excluding hydrogens is 421 g/mol. The van der Waals surface area contributed by atoms with E-state index in [1.165, 1.54) is 0 Å². The van der Waals surface area contributed by atoms with Crippen LogP contribution in [0.5, 0.6) is 0 Å². The van der Waals surface area contributed by atoms with E-state index in [1.54, 1.807) is 18.3 Å². The summed E-state index contributed by atoms with van der Waals surface area (Å²) in [5.74, 6) is -0.0433. The molecule has 0 spiro atoms. The van der Waals surface area contributed by atoms with Gasteiger partial charge in [-0.2, -0.15) is 13.2 Å². The molecule has 1 aromatic carbocycles. The Labute approximate surface area is 174 Å². The second-order valence-electron chi connectivity index (χ2n) is 7.68. The number of anilines is 1. The van der Waals surface area contributed by atoms with Gasteiger partial charge in [-0.3, -0.25) is 9.88 Å². The number of piperidine rings is 1. The zero-order valence-electron chi connectivity index (χ0n) is 15.8. The van der Waals surface area contributed by atoms with Crippen LogP contribution in [0.15, 0.2) is 28.8 Å². The van der Waals surface area contributed by atoms with E-state index < -0.39 is 12.1 Å². The predicted octanol–water partition coefficient (Wildman–Crippen LogP) is 3.79. The third kappa shape index (κ3) is 3.69. The molecule has 2 aliphatic rings. The summed E-state index contributed by atoms with van der Waals surface area (Å²) < 4.78 is 43.0. The largest absolute Gasteiger partial charge is 0.470 e. The quantitative estimate of drug-likeness (QED) is 0.616. The van der Waals surface area contributed by atoms with Gasteiger partial charge in [-0.25, -0.2) is 4.98 Å². The lowest BCUT2D eigenvalue weighted by Gasteiger charge is -2.38. The summed E-state index contributed by atoms with van der Waals surface area (Å²) in [6, 6.07) is 5.59. The first-order chi connectivity index (χ1) is 14.4. The Morgan fingerprint density at radius 1 is 1.13 bits per heavy atom. The minimum atomic E-state index is -4.63. The Hall–Kier alpha value is -2.46. The van der Waals surface area contributed by atoms with E-state index in [0.29, 0.717) is 10.9 Å². The molecule has 2 aliphatic heterocycles. The highest BCUT2D eigenvalue weighted by molar-refractivity contribution is 6.31. The van der Waals surface area contributed by atoms with Crippen LogP contribution < -0.4 is 4.90 Å². The highest BCUT2D eigenvalue weighted by Gasteiger charge is 2.41. The first kappa shape index (κ1) is 19.5. The Bertz CT molecular complexity index is 1070. The van der Waals surface area contributed by atoms with Crippen LogP contribution in [0.2, 0.25) is 5.02 Å². The Balaban J connectivity index is 1.32. The molecule has 2 saturated heterocycles. The topological polar surface area (TPSA) is 71.2 Å². The molecule has 4 heterocycles. The molecule has 2 aromatic heterocycles. The number of likely N-dealkylation sites (tertiary alicyclic amines) is 1. The maximum absolute atomic E-state index is 12.7. The van der Waals surface area contributed by atoms with Gasteiger partial charge in [-0.05, 0) is 43.5 Å². The van der Waals surface area contributed by atoms with Crippen LogP contribution in [0.4, 0.5) is 19.0 Å². The molecule has 0 bridgehead atoms. The minimum Gasteiger partial charge on any atom is -0.416 e. The van der Waals surface area contributed by atoms with Crippen molar-refractivity contribution in [3.05, 3.63) is 41.2 Å². The summed E-state index contributed by atoms with van der Waals surface area (Å²) >= 11 is 6.01. The van der Waals surface area contributed by atoms with E-state index in [4.69, 9.17) is 21.0 Å². The Morgan fingerprint density at radius 2 is 1.97 bits per heavy atom. The van der Waals surface area contributed by atoms with Crippen molar-refractivity contribution in [2.75, 3.05) is 24.5 Å². The molecule has 30 heavy (non-hydrogen) atoms. The van der Waals surface area contributed by atoms with Crippen LogP contribution >= 0.6 is 11.6 Å². The lowest BCUT2D eigenvalue weighted by molar-refractivity contribution is -0.157. The zero-order valence-corrected chi connectivity index (χ0v) is 16.6. The molecule has 158 valence electrons. The number of nitrogens with zero attached hydrogens (tertiary/aromatic N) is 6. The van der Waals surface area contributed by atoms with E-state index >= 15 is 0 Å². The fraction of sp³-hybridized carbons (Fsp3) is 0.474. The number of fused-ring (bicyclic) bond motifs is 2. The molecule has 0 amide bonds. The second kappa shape index (κ2) is 7.35. The smallest absolute Gasteiger partial charge is 0.416 e. The third-order valence-electron chi connectivity index (χ3n) is 5.84. The van der Waals surface area contributed by atoms with Crippen molar-refractivity contribution in [3.8, 4) is 0 Å². The number of alkyl halides is 3. The highest BCUT2D eigenvalue weighted by atomic mass is 35.5. The first-order valence-electron chi connectivity index (χ1n) is 9.68. The van der Waals surface area contributed by atoms with Crippen molar-refractivity contribution in [2.24, 2.45) is 5.92 Å². The lowest BCUT2D eigenvalue weighted by atomic mass is 9.92. The summed E-state index contributed by atoms with van der Waals surface area (Å²) in [5, 5.41) is 7.31. The first-order valence-corrected chi connectivity index (χ1v) is 10.1. The molecule has 7 nitrogen and oxygen atoms in total. The third-order valence-corrected chi connectivity index (χ3v) is 6.08. The zero-order chi connectivity index (χ0) is 20.9. The summed E-state index contributed by atoms with van der Waals surface area (Å²) in [5.41, 5.74) is 1.51. The van der Waals surface area contributed by atoms with Crippen molar-refractivity contribution < 1.29 is 17.6 Å². The van der Waals surface area contributed by atoms with Crippen molar-refractivity contribution in [1.82, 2.24) is 25.1 Å². The fourth-order valence-corrected chi connectivity index (χ4v) is 4.53. The molecule has 0 aliphatic carbocycles. The molecule has 2 unspecified atom stereocenters. The summed E-state index contributed by atoms with van der Waals surface area (Å²) in [6.07, 6.45) is -0.898. The van der Waals surface area contributed by atoms with Crippen LogP contribution in [-0.2, 0) is 12.7 Å². The Kier molecular flexibility index (Phi) is 4.78. The van der Waals surface area contributed by atoms with E-state index in [2.05, 4.69) is 25.0 Å². The van der Waals surface area contributed by atoms with E-state index in [1.807, 2.05) is 6.07 Å². The molecule has 11 heteroatoms. The van der Waals surface area contributed by atoms with Crippen LogP contribution in [0.3, 0.4) is 0 Å². The Morgan fingerprint density at radius 3 is 2.77 bits per heavy atom. The van der Waals surface area contributed by atoms with Gasteiger partial charge in [0.1, 0.15) is 5.82 Å². The van der Waals surface area contributed by atoms with E-state index in [9.17, 15) is 13.2 Å². The van der Waals surface area contributed by atoms with Gasteiger partial charge in [-0.15, -0.1) is 10.2 Å². The fourth-order valence-electron chi connectivity index (χ4n) is 4.36. The van der Waals surface area contributed by atoms with Crippen molar-refractivity contribution in [1.29, 1.82) is 0 Å². The molecule has 2 atom stereocenters. The van der Waals surface area contributed by atoms with Gasteiger partial charge in [0.05, 0.1) is 23.8 Å². The van der Waals surface area contributed by atoms with Crippen molar-refractivity contribution >= 4 is 28.5 Å². The van der Waals surface area contributed by atoms with Gasteiger partial charge in [0.15, 0.2) is 0 Å². The van der Waals surface area contributed by atoms with Gasteiger partial charge in [0.2, 0.25) is 5.89 Å². The molecular formula is C19H18ClF3N6O. The minimum absolute atomic E-state index is 0.0116. The van der Waals surface area contributed by atoms with Crippen molar-refractivity contribution in [2.45, 2.75) is 31.6 Å². The number of aromatic nitrogens is 4. The average Bonchev–Trinajstić information content (AvgIpc) is 3.35. The summed E-state index contributed by atoms with van der Waals surface area (Å²) in [7, 11) is 0. The summed E-state index contributed by atoms with van der Waals surface area (Å²) in [4.78, 5) is 13.5. The molecule has 2 fully saturated rings. The standard InChI is InChI=1S/C19H18ClF3N6O/c20-12-1-2-13-14(7-12)24-8-16(25-13)29-6-4-11-3-5-28(15(11)9-29)10-17-26-27-18(30-17)19(21,22)23/h1-2,7-8,11,15H,3-6,9-10H2. The number of hydrogen-bond acceptors (Lipinski definition) is 7. The van der Waals surface area contributed by atoms with E-state index in [-0.39, 0.29) is 18.5 Å². The molecule has 5 rings (SSSR count). The van der Waals surface area contributed by atoms with Crippen LogP contribution in [0, 0.1) is 5.92 Å². The number of benzene rings is 1. The number of hydrogen-bond donors (Lipinski definition) is 0. The van der Waals surface area contributed by atoms with Crippen LogP contribution in [0.1, 0.15) is 24.6 Å². The predicted molar refractivity (Wildman–Crippen MR) is 103 cm³/mol. The van der Waals surface area contributed by atoms with Gasteiger partial charge < -0.3 is 9.32 Å². The second-order valence-corrected chi connectivity index (χ2v) is 8.12. The molecule has 0 saturated carbocycles. The lowest BCUT2D eigenvalue weighted by Crippen LogP contribution is -2.48. The van der Waals surface area contributed by atoms with Gasteiger partial charge in [0.25, 0.3) is 0 Å². The maximum atomic E-state index is 12.7. The summed E-state index contributed by atoms with van der Waals surface area (Å²) in [6.45, 7) is 2.58. The number of halogens is 4. The van der Waals surface area contributed by atoms with Gasteiger partial charge in [-0.1, -0.05) is 11.6 Å². The molecule has 0 radical (unpaired) electrons. The SMILES string of the molecule is FC(F)(F)c1nnc(CN2CCC3CCN(c4cnc5cc(Cl)ccc5n4)CC32)o1.